The highest BCUT2D eigenvalue weighted by Crippen LogP contribution is 2.38. The second-order valence-electron chi connectivity index (χ2n) is 7.61. The van der Waals surface area contributed by atoms with Gasteiger partial charge in [-0.1, -0.05) is 55.5 Å². The number of rotatable bonds is 8. The third-order valence-electron chi connectivity index (χ3n) is 5.59. The summed E-state index contributed by atoms with van der Waals surface area (Å²) in [5.74, 6) is 1.60. The topological polar surface area (TPSA) is 50.8 Å². The van der Waals surface area contributed by atoms with Crippen LogP contribution in [0.2, 0.25) is 0 Å². The molecule has 0 aromatic heterocycles. The van der Waals surface area contributed by atoms with E-state index in [4.69, 9.17) is 9.47 Å². The van der Waals surface area contributed by atoms with Crippen LogP contribution in [0.5, 0.6) is 11.5 Å². The molecule has 2 unspecified atom stereocenters. The molecule has 1 aliphatic heterocycles. The fourth-order valence-electron chi connectivity index (χ4n) is 3.81. The number of para-hydroxylation sites is 3. The van der Waals surface area contributed by atoms with Crippen LogP contribution < -0.4 is 14.8 Å². The number of benzene rings is 3. The van der Waals surface area contributed by atoms with E-state index in [0.717, 1.165) is 29.2 Å². The fraction of sp³-hybridized carbons (Fsp3) is 0.269. The van der Waals surface area contributed by atoms with Gasteiger partial charge >= 0.3 is 0 Å². The van der Waals surface area contributed by atoms with Crippen molar-refractivity contribution in [3.63, 3.8) is 0 Å². The molecule has 1 amide bonds. The molecule has 4 rings (SSSR count). The molecule has 1 N–H and O–H groups in total. The van der Waals surface area contributed by atoms with Gasteiger partial charge in [0.25, 0.3) is 5.91 Å². The zero-order valence-electron chi connectivity index (χ0n) is 18.0. The van der Waals surface area contributed by atoms with Crippen LogP contribution in [0, 0.1) is 0 Å². The van der Waals surface area contributed by atoms with Gasteiger partial charge in [-0.3, -0.25) is 4.79 Å². The minimum atomic E-state index is -0.302. The van der Waals surface area contributed by atoms with Gasteiger partial charge in [-0.25, -0.2) is 0 Å². The summed E-state index contributed by atoms with van der Waals surface area (Å²) < 4.78 is 11.8. The molecule has 0 bridgehead atoms. The lowest BCUT2D eigenvalue weighted by molar-refractivity contribution is 0.0590. The molecule has 31 heavy (non-hydrogen) atoms. The van der Waals surface area contributed by atoms with E-state index in [-0.39, 0.29) is 18.1 Å². The van der Waals surface area contributed by atoms with Crippen LogP contribution >= 0.6 is 0 Å². The summed E-state index contributed by atoms with van der Waals surface area (Å²) in [6, 6.07) is 25.3. The van der Waals surface area contributed by atoms with Gasteiger partial charge in [0.05, 0.1) is 5.56 Å². The molecule has 3 aromatic rings. The van der Waals surface area contributed by atoms with Crippen molar-refractivity contribution in [3.8, 4) is 11.5 Å². The van der Waals surface area contributed by atoms with Crippen molar-refractivity contribution in [1.82, 2.24) is 4.90 Å². The number of ether oxygens (including phenoxy) is 2. The number of hydrogen-bond donors (Lipinski definition) is 1. The van der Waals surface area contributed by atoms with Crippen LogP contribution in [-0.4, -0.2) is 30.1 Å². The van der Waals surface area contributed by atoms with Crippen LogP contribution in [0.1, 0.15) is 42.4 Å². The Balaban J connectivity index is 1.55. The Morgan fingerprint density at radius 1 is 0.903 bits per heavy atom. The van der Waals surface area contributed by atoms with E-state index in [1.165, 1.54) is 0 Å². The summed E-state index contributed by atoms with van der Waals surface area (Å²) in [7, 11) is 0. The number of amides is 1. The van der Waals surface area contributed by atoms with Gasteiger partial charge in [-0.05, 0) is 43.7 Å². The highest BCUT2D eigenvalue weighted by Gasteiger charge is 2.36. The number of carbonyl (C=O) groups is 1. The third-order valence-corrected chi connectivity index (χ3v) is 5.59. The SMILES string of the molecule is CCC(C)N1C(=O)c2ccccc2NC1c1ccccc1OCCOc1ccccc1. The number of nitrogens with one attached hydrogen (secondary N) is 1. The molecule has 0 saturated carbocycles. The Labute approximate surface area is 183 Å². The number of hydrogen-bond acceptors (Lipinski definition) is 4. The summed E-state index contributed by atoms with van der Waals surface area (Å²) in [4.78, 5) is 15.3. The lowest BCUT2D eigenvalue weighted by Crippen LogP contribution is -2.47. The number of carbonyl (C=O) groups excluding carboxylic acids is 1. The lowest BCUT2D eigenvalue weighted by atomic mass is 10.0. The highest BCUT2D eigenvalue weighted by atomic mass is 16.5. The minimum absolute atomic E-state index is 0.0379. The molecule has 5 nitrogen and oxygen atoms in total. The molecule has 160 valence electrons. The molecule has 0 fully saturated rings. The van der Waals surface area contributed by atoms with Gasteiger partial charge in [-0.2, -0.15) is 0 Å². The molecular formula is C26H28N2O3. The van der Waals surface area contributed by atoms with E-state index in [0.29, 0.717) is 18.8 Å². The lowest BCUT2D eigenvalue weighted by Gasteiger charge is -2.42. The summed E-state index contributed by atoms with van der Waals surface area (Å²) in [6.07, 6.45) is 0.559. The van der Waals surface area contributed by atoms with Gasteiger partial charge in [0.15, 0.2) is 0 Å². The average Bonchev–Trinajstić information content (AvgIpc) is 2.82. The van der Waals surface area contributed by atoms with Gasteiger partial charge in [0, 0.05) is 17.3 Å². The van der Waals surface area contributed by atoms with Crippen LogP contribution in [0.3, 0.4) is 0 Å². The molecule has 0 radical (unpaired) electrons. The Bertz CT molecular complexity index is 1020. The second-order valence-corrected chi connectivity index (χ2v) is 7.61. The summed E-state index contributed by atoms with van der Waals surface area (Å²) in [5, 5.41) is 3.56. The van der Waals surface area contributed by atoms with E-state index in [9.17, 15) is 4.79 Å². The smallest absolute Gasteiger partial charge is 0.258 e. The average molecular weight is 417 g/mol. The Morgan fingerprint density at radius 3 is 2.39 bits per heavy atom. The first-order valence-electron chi connectivity index (χ1n) is 10.8. The second kappa shape index (κ2) is 9.56. The van der Waals surface area contributed by atoms with Crippen LogP contribution in [0.15, 0.2) is 78.9 Å². The van der Waals surface area contributed by atoms with Crippen molar-refractivity contribution in [2.45, 2.75) is 32.5 Å². The van der Waals surface area contributed by atoms with Gasteiger partial charge in [0.1, 0.15) is 30.9 Å². The van der Waals surface area contributed by atoms with Crippen molar-refractivity contribution in [2.24, 2.45) is 0 Å². The monoisotopic (exact) mass is 416 g/mol. The van der Waals surface area contributed by atoms with E-state index < -0.39 is 0 Å². The quantitative estimate of drug-likeness (QED) is 0.492. The summed E-state index contributed by atoms with van der Waals surface area (Å²) in [5.41, 5.74) is 2.48. The number of nitrogens with zero attached hydrogens (tertiary/aromatic N) is 1. The van der Waals surface area contributed by atoms with Crippen molar-refractivity contribution in [3.05, 3.63) is 90.0 Å². The van der Waals surface area contributed by atoms with Crippen LogP contribution in [0.25, 0.3) is 0 Å². The molecule has 1 aliphatic rings. The van der Waals surface area contributed by atoms with E-state index in [1.54, 1.807) is 0 Å². The Kier molecular flexibility index (Phi) is 6.41. The maximum Gasteiger partial charge on any atom is 0.258 e. The first-order chi connectivity index (χ1) is 15.2. The zero-order chi connectivity index (χ0) is 21.6. The molecule has 0 aliphatic carbocycles. The molecule has 3 aromatic carbocycles. The standard InChI is InChI=1S/C26H28N2O3/c1-3-19(2)28-25(27-23-15-9-7-13-21(23)26(28)29)22-14-8-10-16-24(22)31-18-17-30-20-11-5-4-6-12-20/h4-16,19,25,27H,3,17-18H2,1-2H3. The van der Waals surface area contributed by atoms with Gasteiger partial charge < -0.3 is 19.7 Å². The summed E-state index contributed by atoms with van der Waals surface area (Å²) in [6.45, 7) is 5.02. The van der Waals surface area contributed by atoms with Crippen molar-refractivity contribution >= 4 is 11.6 Å². The molecule has 5 heteroatoms. The van der Waals surface area contributed by atoms with Gasteiger partial charge in [0.2, 0.25) is 0 Å². The maximum atomic E-state index is 13.4. The predicted molar refractivity (Wildman–Crippen MR) is 123 cm³/mol. The van der Waals surface area contributed by atoms with Gasteiger partial charge in [-0.15, -0.1) is 0 Å². The molecule has 0 spiro atoms. The maximum absolute atomic E-state index is 13.4. The highest BCUT2D eigenvalue weighted by molar-refractivity contribution is 6.02. The normalized spacial score (nSPS) is 16.3. The van der Waals surface area contributed by atoms with E-state index in [1.807, 2.05) is 83.8 Å². The third kappa shape index (κ3) is 4.50. The fourth-order valence-corrected chi connectivity index (χ4v) is 3.81. The molecule has 2 atom stereocenters. The predicted octanol–water partition coefficient (Wildman–Crippen LogP) is 5.51. The minimum Gasteiger partial charge on any atom is -0.490 e. The van der Waals surface area contributed by atoms with Crippen molar-refractivity contribution in [2.75, 3.05) is 18.5 Å². The zero-order valence-corrected chi connectivity index (χ0v) is 18.0. The van der Waals surface area contributed by atoms with Crippen LogP contribution in [-0.2, 0) is 0 Å². The number of anilines is 1. The summed E-state index contributed by atoms with van der Waals surface area (Å²) >= 11 is 0. The molecule has 1 heterocycles. The van der Waals surface area contributed by atoms with Crippen LogP contribution in [0.4, 0.5) is 5.69 Å². The largest absolute Gasteiger partial charge is 0.490 e. The molecule has 0 saturated heterocycles. The number of fused-ring (bicyclic) bond motifs is 1. The Morgan fingerprint density at radius 2 is 1.58 bits per heavy atom. The Hall–Kier alpha value is -3.47. The van der Waals surface area contributed by atoms with E-state index >= 15 is 0 Å². The van der Waals surface area contributed by atoms with Crippen molar-refractivity contribution < 1.29 is 14.3 Å². The molecular weight excluding hydrogens is 388 g/mol. The first kappa shape index (κ1) is 20.8. The van der Waals surface area contributed by atoms with E-state index in [2.05, 4.69) is 19.2 Å². The first-order valence-corrected chi connectivity index (χ1v) is 10.8. The van der Waals surface area contributed by atoms with Crippen molar-refractivity contribution in [1.29, 1.82) is 0 Å².